The lowest BCUT2D eigenvalue weighted by Crippen LogP contribution is -2.28. The summed E-state index contributed by atoms with van der Waals surface area (Å²) in [5.41, 5.74) is 1.40. The minimum atomic E-state index is -3.68. The first-order valence-corrected chi connectivity index (χ1v) is 10.1. The summed E-state index contributed by atoms with van der Waals surface area (Å²) in [6.07, 6.45) is 0. The predicted octanol–water partition coefficient (Wildman–Crippen LogP) is 2.58. The van der Waals surface area contributed by atoms with E-state index < -0.39 is 22.0 Å². The molecule has 1 atom stereocenters. The van der Waals surface area contributed by atoms with E-state index >= 15 is 0 Å². The van der Waals surface area contributed by atoms with Crippen LogP contribution in [0.25, 0.3) is 11.4 Å². The Morgan fingerprint density at radius 2 is 1.86 bits per heavy atom. The molecule has 1 aromatic heterocycles. The molecule has 0 saturated carbocycles. The van der Waals surface area contributed by atoms with E-state index in [2.05, 4.69) is 20.2 Å². The Balaban J connectivity index is 1.79. The highest BCUT2D eigenvalue weighted by Gasteiger charge is 2.21. The number of hydrogen-bond acceptors (Lipinski definition) is 6. The number of sulfonamides is 1. The number of carbonyl (C=O) groups is 1. The fourth-order valence-electron chi connectivity index (χ4n) is 2.59. The monoisotopic (exact) mass is 418 g/mol. The van der Waals surface area contributed by atoms with E-state index in [0.29, 0.717) is 11.1 Å². The number of amides is 1. The Morgan fingerprint density at radius 1 is 1.17 bits per heavy atom. The van der Waals surface area contributed by atoms with E-state index in [0.717, 1.165) is 0 Å². The number of rotatable bonds is 6. The van der Waals surface area contributed by atoms with Crippen molar-refractivity contribution in [3.8, 4) is 11.4 Å². The van der Waals surface area contributed by atoms with Gasteiger partial charge in [0.15, 0.2) is 0 Å². The highest BCUT2D eigenvalue weighted by molar-refractivity contribution is 7.89. The zero-order valence-electron chi connectivity index (χ0n) is 15.9. The summed E-state index contributed by atoms with van der Waals surface area (Å²) in [7, 11) is -2.38. The molecule has 0 saturated heterocycles. The van der Waals surface area contributed by atoms with Gasteiger partial charge >= 0.3 is 0 Å². The molecule has 10 heteroatoms. The molecule has 0 aliphatic heterocycles. The summed E-state index contributed by atoms with van der Waals surface area (Å²) in [6.45, 7) is 3.36. The second-order valence-electron chi connectivity index (χ2n) is 6.34. The quantitative estimate of drug-likeness (QED) is 0.636. The van der Waals surface area contributed by atoms with E-state index in [4.69, 9.17) is 4.52 Å². The molecule has 29 heavy (non-hydrogen) atoms. The zero-order valence-corrected chi connectivity index (χ0v) is 16.7. The number of nitrogens with one attached hydrogen (secondary N) is 2. The third-order valence-corrected chi connectivity index (χ3v) is 5.71. The average Bonchev–Trinajstić information content (AvgIpc) is 3.19. The molecule has 0 bridgehead atoms. The van der Waals surface area contributed by atoms with Crippen LogP contribution >= 0.6 is 0 Å². The van der Waals surface area contributed by atoms with Crippen LogP contribution in [-0.4, -0.2) is 31.5 Å². The average molecular weight is 418 g/mol. The maximum atomic E-state index is 13.0. The van der Waals surface area contributed by atoms with Crippen LogP contribution in [0.1, 0.15) is 34.8 Å². The Labute approximate surface area is 167 Å². The highest BCUT2D eigenvalue weighted by Crippen LogP contribution is 2.20. The van der Waals surface area contributed by atoms with Crippen LogP contribution in [0, 0.1) is 12.7 Å². The number of halogens is 1. The van der Waals surface area contributed by atoms with E-state index in [1.165, 1.54) is 43.4 Å². The number of carbonyl (C=O) groups excluding carboxylic acids is 1. The molecule has 1 amide bonds. The first-order chi connectivity index (χ1) is 13.7. The van der Waals surface area contributed by atoms with Crippen LogP contribution in [0.2, 0.25) is 0 Å². The predicted molar refractivity (Wildman–Crippen MR) is 103 cm³/mol. The minimum Gasteiger partial charge on any atom is -0.341 e. The van der Waals surface area contributed by atoms with Crippen molar-refractivity contribution >= 4 is 15.9 Å². The van der Waals surface area contributed by atoms with E-state index in [1.54, 1.807) is 19.9 Å². The molecular formula is C19H19FN4O4S. The number of nitrogens with zero attached hydrogens (tertiary/aromatic N) is 2. The van der Waals surface area contributed by atoms with Gasteiger partial charge in [-0.15, -0.1) is 0 Å². The third kappa shape index (κ3) is 4.49. The maximum Gasteiger partial charge on any atom is 0.252 e. The fourth-order valence-corrected chi connectivity index (χ4v) is 3.35. The number of hydrogen-bond donors (Lipinski definition) is 2. The Kier molecular flexibility index (Phi) is 5.76. The van der Waals surface area contributed by atoms with Crippen LogP contribution in [0.3, 0.4) is 0 Å². The van der Waals surface area contributed by atoms with Crippen molar-refractivity contribution in [1.82, 2.24) is 20.2 Å². The van der Waals surface area contributed by atoms with Gasteiger partial charge in [-0.3, -0.25) is 4.79 Å². The Hall–Kier alpha value is -3.11. The molecule has 8 nitrogen and oxygen atoms in total. The lowest BCUT2D eigenvalue weighted by molar-refractivity contribution is 0.0931. The minimum absolute atomic E-state index is 0.0141. The van der Waals surface area contributed by atoms with Gasteiger partial charge < -0.3 is 9.84 Å². The summed E-state index contributed by atoms with van der Waals surface area (Å²) in [4.78, 5) is 16.9. The summed E-state index contributed by atoms with van der Waals surface area (Å²) in [5.74, 6) is -0.436. The van der Waals surface area contributed by atoms with Gasteiger partial charge in [0, 0.05) is 11.1 Å². The van der Waals surface area contributed by atoms with Gasteiger partial charge in [-0.05, 0) is 62.9 Å². The summed E-state index contributed by atoms with van der Waals surface area (Å²) in [6, 6.07) is 9.26. The van der Waals surface area contributed by atoms with Crippen LogP contribution in [0.4, 0.5) is 4.39 Å². The normalized spacial score (nSPS) is 12.6. The molecule has 1 unspecified atom stereocenters. The van der Waals surface area contributed by atoms with Gasteiger partial charge in [0.2, 0.25) is 21.7 Å². The van der Waals surface area contributed by atoms with Crippen molar-refractivity contribution in [3.63, 3.8) is 0 Å². The molecule has 3 aromatic rings. The molecule has 0 fully saturated rings. The van der Waals surface area contributed by atoms with Crippen LogP contribution in [0.5, 0.6) is 0 Å². The van der Waals surface area contributed by atoms with Crippen molar-refractivity contribution in [2.24, 2.45) is 0 Å². The summed E-state index contributed by atoms with van der Waals surface area (Å²) < 4.78 is 44.4. The lowest BCUT2D eigenvalue weighted by atomic mass is 10.1. The molecule has 0 aliphatic rings. The first-order valence-electron chi connectivity index (χ1n) is 8.66. The molecule has 1 heterocycles. The van der Waals surface area contributed by atoms with Crippen molar-refractivity contribution in [3.05, 3.63) is 65.3 Å². The van der Waals surface area contributed by atoms with Crippen molar-refractivity contribution in [2.75, 3.05) is 7.05 Å². The number of aryl methyl sites for hydroxylation is 1. The molecule has 3 rings (SSSR count). The standard InChI is InChI=1S/C19H19FN4O4S/c1-11-4-9-15(29(26,27)21-3)10-16(11)18(25)22-12(2)19-23-17(24-28-19)13-5-7-14(20)8-6-13/h4-10,12,21H,1-3H3,(H,22,25). The molecule has 2 aromatic carbocycles. The number of aromatic nitrogens is 2. The zero-order chi connectivity index (χ0) is 21.2. The lowest BCUT2D eigenvalue weighted by Gasteiger charge is -2.12. The van der Waals surface area contributed by atoms with Crippen molar-refractivity contribution in [1.29, 1.82) is 0 Å². The first kappa shape index (κ1) is 20.6. The van der Waals surface area contributed by atoms with Crippen molar-refractivity contribution < 1.29 is 22.1 Å². The molecule has 152 valence electrons. The largest absolute Gasteiger partial charge is 0.341 e. The highest BCUT2D eigenvalue weighted by atomic mass is 32.2. The Morgan fingerprint density at radius 3 is 2.52 bits per heavy atom. The van der Waals surface area contributed by atoms with Gasteiger partial charge in [0.05, 0.1) is 4.90 Å². The number of benzene rings is 2. The third-order valence-electron chi connectivity index (χ3n) is 4.29. The molecular weight excluding hydrogens is 399 g/mol. The maximum absolute atomic E-state index is 13.0. The molecule has 2 N–H and O–H groups in total. The SMILES string of the molecule is CNS(=O)(=O)c1ccc(C)c(C(=O)NC(C)c2nc(-c3ccc(F)cc3)no2)c1. The van der Waals surface area contributed by atoms with Gasteiger partial charge in [0.1, 0.15) is 11.9 Å². The second-order valence-corrected chi connectivity index (χ2v) is 8.23. The smallest absolute Gasteiger partial charge is 0.252 e. The van der Waals surface area contributed by atoms with Crippen molar-refractivity contribution in [2.45, 2.75) is 24.8 Å². The van der Waals surface area contributed by atoms with E-state index in [-0.39, 0.29) is 28.0 Å². The molecule has 0 spiro atoms. The fraction of sp³-hybridized carbons (Fsp3) is 0.211. The van der Waals surface area contributed by atoms with Crippen LogP contribution in [-0.2, 0) is 10.0 Å². The van der Waals surface area contributed by atoms with E-state index in [1.807, 2.05) is 0 Å². The van der Waals surface area contributed by atoms with Gasteiger partial charge in [-0.1, -0.05) is 11.2 Å². The van der Waals surface area contributed by atoms with Crippen LogP contribution < -0.4 is 10.0 Å². The summed E-state index contributed by atoms with van der Waals surface area (Å²) >= 11 is 0. The Bertz CT molecular complexity index is 1140. The van der Waals surface area contributed by atoms with Gasteiger partial charge in [-0.25, -0.2) is 17.5 Å². The van der Waals surface area contributed by atoms with Gasteiger partial charge in [-0.2, -0.15) is 4.98 Å². The van der Waals surface area contributed by atoms with Crippen LogP contribution in [0.15, 0.2) is 51.9 Å². The summed E-state index contributed by atoms with van der Waals surface area (Å²) in [5, 5.41) is 6.56. The molecule has 0 radical (unpaired) electrons. The second kappa shape index (κ2) is 8.10. The van der Waals surface area contributed by atoms with Gasteiger partial charge in [0.25, 0.3) is 5.91 Å². The topological polar surface area (TPSA) is 114 Å². The van der Waals surface area contributed by atoms with E-state index in [9.17, 15) is 17.6 Å². The molecule has 0 aliphatic carbocycles.